The van der Waals surface area contributed by atoms with Crippen LogP contribution >= 0.6 is 0 Å². The third-order valence-electron chi connectivity index (χ3n) is 5.01. The molecule has 1 unspecified atom stereocenters. The van der Waals surface area contributed by atoms with Crippen molar-refractivity contribution in [2.45, 2.75) is 12.8 Å². The monoisotopic (exact) mass is 379 g/mol. The number of nitrogens with one attached hydrogen (secondary N) is 1. The molecule has 7 heteroatoms. The molecule has 1 N–H and O–H groups in total. The van der Waals surface area contributed by atoms with Crippen LogP contribution in [-0.4, -0.2) is 36.6 Å². The number of nitrogens with zero attached hydrogens (tertiary/aromatic N) is 2. The van der Waals surface area contributed by atoms with E-state index in [-0.39, 0.29) is 17.4 Å². The molecule has 1 amide bonds. The highest BCUT2D eigenvalue weighted by Gasteiger charge is 2.31. The zero-order valence-corrected chi connectivity index (χ0v) is 15.8. The van der Waals surface area contributed by atoms with Crippen molar-refractivity contribution in [2.75, 3.05) is 25.7 Å². The van der Waals surface area contributed by atoms with Crippen molar-refractivity contribution in [1.82, 2.24) is 9.97 Å². The summed E-state index contributed by atoms with van der Waals surface area (Å²) in [5, 5.41) is 0.440. The third kappa shape index (κ3) is 3.31. The van der Waals surface area contributed by atoms with E-state index in [0.29, 0.717) is 47.6 Å². The minimum atomic E-state index is -0.231. The van der Waals surface area contributed by atoms with Crippen molar-refractivity contribution in [3.63, 3.8) is 0 Å². The highest BCUT2D eigenvalue weighted by atomic mass is 16.5. The van der Waals surface area contributed by atoms with Crippen LogP contribution in [-0.2, 0) is 11.2 Å². The number of ether oxygens (including phenoxy) is 2. The Kier molecular flexibility index (Phi) is 4.73. The van der Waals surface area contributed by atoms with Gasteiger partial charge in [0.15, 0.2) is 11.5 Å². The molecule has 2 aromatic carbocycles. The summed E-state index contributed by atoms with van der Waals surface area (Å²) in [7, 11) is 3.06. The highest BCUT2D eigenvalue weighted by molar-refractivity contribution is 5.95. The highest BCUT2D eigenvalue weighted by Crippen LogP contribution is 2.30. The third-order valence-corrected chi connectivity index (χ3v) is 5.01. The van der Waals surface area contributed by atoms with Gasteiger partial charge in [0, 0.05) is 31.1 Å². The quantitative estimate of drug-likeness (QED) is 0.736. The van der Waals surface area contributed by atoms with E-state index in [2.05, 4.69) is 9.97 Å². The van der Waals surface area contributed by atoms with Gasteiger partial charge in [-0.15, -0.1) is 0 Å². The lowest BCUT2D eigenvalue weighted by atomic mass is 10.0. The maximum atomic E-state index is 12.5. The second kappa shape index (κ2) is 7.34. The molecule has 1 aliphatic rings. The maximum Gasteiger partial charge on any atom is 0.258 e. The Labute approximate surface area is 161 Å². The lowest BCUT2D eigenvalue weighted by Crippen LogP contribution is -2.24. The van der Waals surface area contributed by atoms with Gasteiger partial charge in [0.1, 0.15) is 5.82 Å². The van der Waals surface area contributed by atoms with E-state index >= 15 is 0 Å². The van der Waals surface area contributed by atoms with Gasteiger partial charge in [0.2, 0.25) is 5.91 Å². The van der Waals surface area contributed by atoms with Crippen molar-refractivity contribution in [3.05, 3.63) is 58.6 Å². The standard InChI is InChI=1S/C21H21N3O4/c1-27-17-10-15-16(11-18(17)28-2)22-19(23-21(15)26)8-13-9-20(25)24(12-13)14-6-4-3-5-7-14/h3-7,10-11,13H,8-9,12H2,1-2H3,(H,22,23,26). The van der Waals surface area contributed by atoms with Crippen LogP contribution < -0.4 is 19.9 Å². The van der Waals surface area contributed by atoms with E-state index in [9.17, 15) is 9.59 Å². The minimum absolute atomic E-state index is 0.0886. The van der Waals surface area contributed by atoms with Crippen molar-refractivity contribution < 1.29 is 14.3 Å². The van der Waals surface area contributed by atoms with Gasteiger partial charge in [-0.2, -0.15) is 0 Å². The summed E-state index contributed by atoms with van der Waals surface area (Å²) in [6.45, 7) is 0.608. The zero-order valence-electron chi connectivity index (χ0n) is 15.8. The Balaban J connectivity index is 1.60. The van der Waals surface area contributed by atoms with Crippen molar-refractivity contribution in [1.29, 1.82) is 0 Å². The molecular weight excluding hydrogens is 358 g/mol. The fraction of sp³-hybridized carbons (Fsp3) is 0.286. The molecule has 0 aliphatic carbocycles. The number of benzene rings is 2. The number of fused-ring (bicyclic) bond motifs is 1. The molecule has 144 valence electrons. The molecule has 0 saturated carbocycles. The summed E-state index contributed by atoms with van der Waals surface area (Å²) in [4.78, 5) is 34.2. The number of hydrogen-bond donors (Lipinski definition) is 1. The number of methoxy groups -OCH3 is 2. The van der Waals surface area contributed by atoms with Crippen LogP contribution in [0.1, 0.15) is 12.2 Å². The number of carbonyl (C=O) groups is 1. The summed E-state index contributed by atoms with van der Waals surface area (Å²) in [5.74, 6) is 1.75. The van der Waals surface area contributed by atoms with Gasteiger partial charge in [0.25, 0.3) is 5.56 Å². The van der Waals surface area contributed by atoms with Crippen LogP contribution in [0.3, 0.4) is 0 Å². The lowest BCUT2D eigenvalue weighted by molar-refractivity contribution is -0.117. The van der Waals surface area contributed by atoms with Gasteiger partial charge >= 0.3 is 0 Å². The number of para-hydroxylation sites is 1. The summed E-state index contributed by atoms with van der Waals surface area (Å²) in [6, 6.07) is 12.9. The maximum absolute atomic E-state index is 12.5. The zero-order chi connectivity index (χ0) is 19.7. The summed E-state index contributed by atoms with van der Waals surface area (Å²) < 4.78 is 10.6. The largest absolute Gasteiger partial charge is 0.493 e. The van der Waals surface area contributed by atoms with Crippen molar-refractivity contribution >= 4 is 22.5 Å². The SMILES string of the molecule is COc1cc2nc(CC3CC(=O)N(c4ccccc4)C3)[nH]c(=O)c2cc1OC. The number of amides is 1. The van der Waals surface area contributed by atoms with Gasteiger partial charge < -0.3 is 19.4 Å². The van der Waals surface area contributed by atoms with Gasteiger partial charge in [0.05, 0.1) is 25.1 Å². The molecule has 0 spiro atoms. The Morgan fingerprint density at radius 2 is 1.82 bits per heavy atom. The first kappa shape index (κ1) is 18.0. The molecule has 0 radical (unpaired) electrons. The first-order valence-corrected chi connectivity index (χ1v) is 9.09. The van der Waals surface area contributed by atoms with Crippen LogP contribution in [0, 0.1) is 5.92 Å². The molecule has 28 heavy (non-hydrogen) atoms. The van der Waals surface area contributed by atoms with Crippen molar-refractivity contribution in [2.24, 2.45) is 5.92 Å². The first-order valence-electron chi connectivity index (χ1n) is 9.09. The number of aromatic amines is 1. The number of aromatic nitrogens is 2. The van der Waals surface area contributed by atoms with Gasteiger partial charge in [-0.05, 0) is 24.1 Å². The minimum Gasteiger partial charge on any atom is -0.493 e. The van der Waals surface area contributed by atoms with Gasteiger partial charge in [-0.3, -0.25) is 9.59 Å². The van der Waals surface area contributed by atoms with E-state index in [1.807, 2.05) is 30.3 Å². The van der Waals surface area contributed by atoms with E-state index in [0.717, 1.165) is 5.69 Å². The normalized spacial score (nSPS) is 16.6. The molecule has 0 bridgehead atoms. The predicted molar refractivity (Wildman–Crippen MR) is 106 cm³/mol. The smallest absolute Gasteiger partial charge is 0.258 e. The van der Waals surface area contributed by atoms with Crippen LogP contribution in [0.25, 0.3) is 10.9 Å². The Morgan fingerprint density at radius 3 is 2.54 bits per heavy atom. The summed E-state index contributed by atoms with van der Waals surface area (Å²) in [6.07, 6.45) is 0.956. The van der Waals surface area contributed by atoms with Gasteiger partial charge in [-0.1, -0.05) is 18.2 Å². The van der Waals surface area contributed by atoms with Gasteiger partial charge in [-0.25, -0.2) is 4.98 Å². The van der Waals surface area contributed by atoms with Crippen LogP contribution in [0.5, 0.6) is 11.5 Å². The first-order chi connectivity index (χ1) is 13.6. The number of anilines is 1. The van der Waals surface area contributed by atoms with E-state index in [1.165, 1.54) is 7.11 Å². The molecule has 1 atom stereocenters. The van der Waals surface area contributed by atoms with E-state index in [1.54, 1.807) is 24.1 Å². The second-order valence-corrected chi connectivity index (χ2v) is 6.85. The molecule has 7 nitrogen and oxygen atoms in total. The molecule has 4 rings (SSSR count). The van der Waals surface area contributed by atoms with Crippen LogP contribution in [0.15, 0.2) is 47.3 Å². The predicted octanol–water partition coefficient (Wildman–Crippen LogP) is 2.54. The molecule has 2 heterocycles. The molecule has 3 aromatic rings. The Hall–Kier alpha value is -3.35. The van der Waals surface area contributed by atoms with E-state index in [4.69, 9.17) is 9.47 Å². The Morgan fingerprint density at radius 1 is 1.11 bits per heavy atom. The summed E-state index contributed by atoms with van der Waals surface area (Å²) >= 11 is 0. The number of hydrogen-bond acceptors (Lipinski definition) is 5. The van der Waals surface area contributed by atoms with Crippen LogP contribution in [0.2, 0.25) is 0 Å². The molecule has 1 aliphatic heterocycles. The number of carbonyl (C=O) groups excluding carboxylic acids is 1. The van der Waals surface area contributed by atoms with E-state index < -0.39 is 0 Å². The lowest BCUT2D eigenvalue weighted by Gasteiger charge is -2.16. The molecule has 1 saturated heterocycles. The second-order valence-electron chi connectivity index (χ2n) is 6.85. The Bertz CT molecular complexity index is 1080. The molecule has 1 aromatic heterocycles. The fourth-order valence-electron chi connectivity index (χ4n) is 3.66. The average molecular weight is 379 g/mol. The number of rotatable bonds is 5. The topological polar surface area (TPSA) is 84.5 Å². The molecule has 1 fully saturated rings. The summed E-state index contributed by atoms with van der Waals surface area (Å²) in [5.41, 5.74) is 1.21. The fourth-order valence-corrected chi connectivity index (χ4v) is 3.66. The molecular formula is C21H21N3O4. The average Bonchev–Trinajstić information content (AvgIpc) is 3.07. The van der Waals surface area contributed by atoms with Crippen LogP contribution in [0.4, 0.5) is 5.69 Å². The number of H-pyrrole nitrogens is 1. The van der Waals surface area contributed by atoms with Crippen molar-refractivity contribution in [3.8, 4) is 11.5 Å².